The Hall–Kier alpha value is -0.450. The van der Waals surface area contributed by atoms with Gasteiger partial charge in [-0.25, -0.2) is 0 Å². The van der Waals surface area contributed by atoms with Gasteiger partial charge in [-0.1, -0.05) is 95.4 Å². The highest BCUT2D eigenvalue weighted by Crippen LogP contribution is 2.52. The Balaban J connectivity index is 3.60. The molecule has 0 heterocycles. The summed E-state index contributed by atoms with van der Waals surface area (Å²) in [5.41, 5.74) is 0. The number of likely N-dealkylation sites (N-methyl/N-ethyl adjacent to an activating group) is 1. The molecule has 1 unspecified atom stereocenters. The Labute approximate surface area is 205 Å². The number of aliphatic hydroxyl groups is 1. The van der Waals surface area contributed by atoms with E-state index in [1.807, 2.05) is 21.1 Å². The van der Waals surface area contributed by atoms with Crippen LogP contribution in [0.4, 0.5) is 0 Å². The number of hydrogen-bond acceptors (Lipinski definition) is 2. The van der Waals surface area contributed by atoms with Crippen molar-refractivity contribution >= 4 is 7.60 Å². The van der Waals surface area contributed by atoms with Crippen molar-refractivity contribution < 1.29 is 23.9 Å². The number of nitrogens with zero attached hydrogens (tertiary/aromatic N) is 1. The highest BCUT2D eigenvalue weighted by molar-refractivity contribution is 7.53. The molecule has 33 heavy (non-hydrogen) atoms. The standard InChI is InChI=1S/C27H54NO4P/c1-5-6-7-8-9-10-11-12-13-14-15-16-17-18-19-20-21-22-23-24-25-27(29,33(30,31)32)26-28(2,3)4/h8-9,12-13,29H,5-7,10-11,14-26H2,1-4H3,(H-,30,31,32)/p+1/b9-8-,13-12-. The lowest BCUT2D eigenvalue weighted by Gasteiger charge is -2.35. The minimum absolute atomic E-state index is 0.0591. The van der Waals surface area contributed by atoms with Crippen molar-refractivity contribution in [1.82, 2.24) is 0 Å². The predicted molar refractivity (Wildman–Crippen MR) is 142 cm³/mol. The number of unbranched alkanes of at least 4 members (excludes halogenated alkanes) is 13. The first-order valence-electron chi connectivity index (χ1n) is 13.4. The Morgan fingerprint density at radius 1 is 0.667 bits per heavy atom. The molecule has 0 fully saturated rings. The average molecular weight is 489 g/mol. The normalized spacial score (nSPS) is 15.0. The molecule has 3 N–H and O–H groups in total. The van der Waals surface area contributed by atoms with Gasteiger partial charge >= 0.3 is 7.60 Å². The number of rotatable bonds is 22. The van der Waals surface area contributed by atoms with Gasteiger partial charge in [0.15, 0.2) is 0 Å². The van der Waals surface area contributed by atoms with Crippen LogP contribution in [0.1, 0.15) is 116 Å². The SMILES string of the molecule is CCCC/C=C\CC/C=C\CCCCCCCCCCCCC(O)(C[N+](C)(C)C)P(=O)(O)O. The van der Waals surface area contributed by atoms with Crippen molar-refractivity contribution in [2.45, 2.75) is 121 Å². The van der Waals surface area contributed by atoms with Gasteiger partial charge in [0, 0.05) is 0 Å². The summed E-state index contributed by atoms with van der Waals surface area (Å²) in [4.78, 5) is 19.2. The number of quaternary nitrogens is 1. The Kier molecular flexibility index (Phi) is 18.6. The van der Waals surface area contributed by atoms with Gasteiger partial charge in [-0.15, -0.1) is 0 Å². The van der Waals surface area contributed by atoms with E-state index >= 15 is 0 Å². The molecule has 0 rings (SSSR count). The second-order valence-electron chi connectivity index (χ2n) is 10.7. The van der Waals surface area contributed by atoms with E-state index in [4.69, 9.17) is 0 Å². The summed E-state index contributed by atoms with van der Waals surface area (Å²) in [6, 6.07) is 0. The summed E-state index contributed by atoms with van der Waals surface area (Å²) in [5.74, 6) is 0. The van der Waals surface area contributed by atoms with Gasteiger partial charge in [0.1, 0.15) is 6.54 Å². The van der Waals surface area contributed by atoms with E-state index in [1.54, 1.807) is 0 Å². The minimum atomic E-state index is -4.55. The minimum Gasteiger partial charge on any atom is -0.373 e. The number of hydrogen-bond donors (Lipinski definition) is 3. The first kappa shape index (κ1) is 32.5. The number of allylic oxidation sites excluding steroid dienone is 4. The van der Waals surface area contributed by atoms with Gasteiger partial charge in [0.2, 0.25) is 5.34 Å². The molecule has 0 bridgehead atoms. The summed E-state index contributed by atoms with van der Waals surface area (Å²) in [6.45, 7) is 2.29. The van der Waals surface area contributed by atoms with E-state index < -0.39 is 12.9 Å². The summed E-state index contributed by atoms with van der Waals surface area (Å²) in [7, 11) is 0.973. The molecule has 0 spiro atoms. The van der Waals surface area contributed by atoms with Gasteiger partial charge in [-0.05, 0) is 44.9 Å². The van der Waals surface area contributed by atoms with Crippen LogP contribution < -0.4 is 0 Å². The molecule has 0 aromatic carbocycles. The fraction of sp³-hybridized carbons (Fsp3) is 0.852. The summed E-state index contributed by atoms with van der Waals surface area (Å²) in [6.07, 6.45) is 28.3. The highest BCUT2D eigenvalue weighted by Gasteiger charge is 2.48. The lowest BCUT2D eigenvalue weighted by molar-refractivity contribution is -0.875. The van der Waals surface area contributed by atoms with Crippen LogP contribution in [0.3, 0.4) is 0 Å². The first-order chi connectivity index (χ1) is 15.5. The molecule has 0 aromatic rings. The zero-order valence-corrected chi connectivity index (χ0v) is 23.1. The largest absolute Gasteiger partial charge is 0.373 e. The van der Waals surface area contributed by atoms with Crippen LogP contribution in [0.25, 0.3) is 0 Å². The molecule has 0 saturated heterocycles. The molecule has 0 aliphatic heterocycles. The summed E-state index contributed by atoms with van der Waals surface area (Å²) < 4.78 is 12.1. The molecule has 0 saturated carbocycles. The van der Waals surface area contributed by atoms with Gasteiger partial charge in [0.05, 0.1) is 21.1 Å². The maximum absolute atomic E-state index is 11.8. The molecule has 6 heteroatoms. The lowest BCUT2D eigenvalue weighted by atomic mass is 10.0. The van der Waals surface area contributed by atoms with Crippen molar-refractivity contribution in [3.63, 3.8) is 0 Å². The van der Waals surface area contributed by atoms with E-state index in [0.717, 1.165) is 19.3 Å². The van der Waals surface area contributed by atoms with E-state index in [1.165, 1.54) is 77.0 Å². The van der Waals surface area contributed by atoms with Crippen LogP contribution in [0.5, 0.6) is 0 Å². The van der Waals surface area contributed by atoms with E-state index in [9.17, 15) is 19.5 Å². The Morgan fingerprint density at radius 2 is 1.06 bits per heavy atom. The molecular formula is C27H55NO4P+. The second kappa shape index (κ2) is 18.8. The van der Waals surface area contributed by atoms with Crippen LogP contribution in [-0.4, -0.2) is 52.4 Å². The summed E-state index contributed by atoms with van der Waals surface area (Å²) in [5, 5.41) is 8.64. The van der Waals surface area contributed by atoms with Crippen molar-refractivity contribution in [3.05, 3.63) is 24.3 Å². The molecule has 1 atom stereocenters. The molecule has 0 aliphatic carbocycles. The fourth-order valence-corrected chi connectivity index (χ4v) is 5.20. The third kappa shape index (κ3) is 19.5. The van der Waals surface area contributed by atoms with Crippen molar-refractivity contribution in [2.75, 3.05) is 27.7 Å². The molecule has 0 amide bonds. The fourth-order valence-electron chi connectivity index (χ4n) is 4.15. The molecule has 196 valence electrons. The maximum atomic E-state index is 11.8. The van der Waals surface area contributed by atoms with Gasteiger partial charge in [0.25, 0.3) is 0 Å². The predicted octanol–water partition coefficient (Wildman–Crippen LogP) is 7.32. The Bertz CT molecular complexity index is 565. The molecule has 0 aromatic heterocycles. The lowest BCUT2D eigenvalue weighted by Crippen LogP contribution is -2.49. The smallest absolute Gasteiger partial charge is 0.362 e. The van der Waals surface area contributed by atoms with E-state index in [2.05, 4.69) is 31.2 Å². The quantitative estimate of drug-likeness (QED) is 0.0645. The third-order valence-electron chi connectivity index (χ3n) is 6.03. The zero-order chi connectivity index (χ0) is 25.1. The van der Waals surface area contributed by atoms with Crippen LogP contribution >= 0.6 is 7.60 Å². The van der Waals surface area contributed by atoms with Crippen molar-refractivity contribution in [1.29, 1.82) is 0 Å². The van der Waals surface area contributed by atoms with Crippen LogP contribution in [-0.2, 0) is 4.57 Å². The highest BCUT2D eigenvalue weighted by atomic mass is 31.2. The molecule has 0 radical (unpaired) electrons. The third-order valence-corrected chi connectivity index (χ3v) is 7.47. The molecular weight excluding hydrogens is 433 g/mol. The molecule has 5 nitrogen and oxygen atoms in total. The van der Waals surface area contributed by atoms with E-state index in [0.29, 0.717) is 10.9 Å². The summed E-state index contributed by atoms with van der Waals surface area (Å²) >= 11 is 0. The molecule has 0 aliphatic rings. The monoisotopic (exact) mass is 488 g/mol. The van der Waals surface area contributed by atoms with Crippen LogP contribution in [0, 0.1) is 0 Å². The van der Waals surface area contributed by atoms with E-state index in [-0.39, 0.29) is 13.0 Å². The maximum Gasteiger partial charge on any atom is 0.362 e. The first-order valence-corrected chi connectivity index (χ1v) is 15.0. The van der Waals surface area contributed by atoms with Crippen LogP contribution in [0.2, 0.25) is 0 Å². The van der Waals surface area contributed by atoms with Gasteiger partial charge in [-0.3, -0.25) is 4.57 Å². The zero-order valence-electron chi connectivity index (χ0n) is 22.2. The van der Waals surface area contributed by atoms with Gasteiger partial charge in [-0.2, -0.15) is 0 Å². The second-order valence-corrected chi connectivity index (χ2v) is 12.6. The van der Waals surface area contributed by atoms with Crippen LogP contribution in [0.15, 0.2) is 24.3 Å². The topological polar surface area (TPSA) is 77.8 Å². The van der Waals surface area contributed by atoms with Crippen molar-refractivity contribution in [3.8, 4) is 0 Å². The average Bonchev–Trinajstić information content (AvgIpc) is 2.70. The Morgan fingerprint density at radius 3 is 1.48 bits per heavy atom. The van der Waals surface area contributed by atoms with Gasteiger partial charge < -0.3 is 19.4 Å². The van der Waals surface area contributed by atoms with Crippen molar-refractivity contribution in [2.24, 2.45) is 0 Å².